The van der Waals surface area contributed by atoms with Gasteiger partial charge >= 0.3 is 0 Å². The third kappa shape index (κ3) is 2.60. The number of hydrogen-bond donors (Lipinski definition) is 0. The molecule has 0 N–H and O–H groups in total. The van der Waals surface area contributed by atoms with Gasteiger partial charge in [-0.25, -0.2) is 0 Å². The average Bonchev–Trinajstić information content (AvgIpc) is 2.08. The van der Waals surface area contributed by atoms with Gasteiger partial charge in [-0.1, -0.05) is 6.92 Å². The zero-order valence-electron chi connectivity index (χ0n) is 8.59. The average molecular weight is 204 g/mol. The third-order valence-corrected chi connectivity index (χ3v) is 3.29. The molecule has 2 nitrogen and oxygen atoms in total. The summed E-state index contributed by atoms with van der Waals surface area (Å²) in [5.74, 6) is 0.869. The molecule has 1 saturated carbocycles. The molecular formula is C10H18ClNO. The van der Waals surface area contributed by atoms with E-state index in [4.69, 9.17) is 11.6 Å². The van der Waals surface area contributed by atoms with E-state index in [9.17, 15) is 4.79 Å². The summed E-state index contributed by atoms with van der Waals surface area (Å²) in [4.78, 5) is 13.4. The van der Waals surface area contributed by atoms with E-state index in [2.05, 4.69) is 6.92 Å². The van der Waals surface area contributed by atoms with Gasteiger partial charge in [0.15, 0.2) is 0 Å². The number of carbonyl (C=O) groups excluding carboxylic acids is 1. The first-order valence-electron chi connectivity index (χ1n) is 4.87. The van der Waals surface area contributed by atoms with Crippen LogP contribution in [0.3, 0.4) is 0 Å². The molecular weight excluding hydrogens is 186 g/mol. The lowest BCUT2D eigenvalue weighted by atomic mass is 9.79. The number of carbonyl (C=O) groups is 1. The van der Waals surface area contributed by atoms with Crippen LogP contribution >= 0.6 is 11.6 Å². The van der Waals surface area contributed by atoms with E-state index in [-0.39, 0.29) is 17.2 Å². The maximum Gasteiger partial charge on any atom is 0.225 e. The Balaban J connectivity index is 2.60. The molecule has 0 saturated heterocycles. The van der Waals surface area contributed by atoms with Crippen molar-refractivity contribution in [2.45, 2.75) is 31.6 Å². The van der Waals surface area contributed by atoms with Gasteiger partial charge in [0.2, 0.25) is 5.91 Å². The van der Waals surface area contributed by atoms with Gasteiger partial charge in [0, 0.05) is 25.4 Å². The Kier molecular flexibility index (Phi) is 3.60. The quantitative estimate of drug-likeness (QED) is 0.598. The monoisotopic (exact) mass is 203 g/mol. The molecule has 3 atom stereocenters. The highest BCUT2D eigenvalue weighted by Crippen LogP contribution is 2.33. The number of halogens is 1. The molecule has 1 fully saturated rings. The van der Waals surface area contributed by atoms with Crippen LogP contribution in [0.5, 0.6) is 0 Å². The third-order valence-electron chi connectivity index (χ3n) is 2.89. The first-order chi connectivity index (χ1) is 6.02. The van der Waals surface area contributed by atoms with E-state index in [1.165, 1.54) is 0 Å². The Bertz CT molecular complexity index is 193. The van der Waals surface area contributed by atoms with Crippen LogP contribution < -0.4 is 0 Å². The normalized spacial score (nSPS) is 34.3. The second kappa shape index (κ2) is 4.32. The van der Waals surface area contributed by atoms with Gasteiger partial charge in [-0.05, 0) is 25.2 Å². The van der Waals surface area contributed by atoms with Gasteiger partial charge in [0.05, 0.1) is 0 Å². The molecule has 3 unspecified atom stereocenters. The van der Waals surface area contributed by atoms with Gasteiger partial charge < -0.3 is 4.90 Å². The predicted molar refractivity (Wildman–Crippen MR) is 54.8 cm³/mol. The lowest BCUT2D eigenvalue weighted by Crippen LogP contribution is -2.37. The van der Waals surface area contributed by atoms with Gasteiger partial charge in [0.1, 0.15) is 0 Å². The van der Waals surface area contributed by atoms with Gasteiger partial charge in [-0.15, -0.1) is 11.6 Å². The Hall–Kier alpha value is -0.240. The molecule has 0 aromatic carbocycles. The molecule has 1 aliphatic carbocycles. The maximum atomic E-state index is 11.7. The lowest BCUT2D eigenvalue weighted by Gasteiger charge is -2.32. The summed E-state index contributed by atoms with van der Waals surface area (Å²) < 4.78 is 0. The maximum absolute atomic E-state index is 11.7. The number of amides is 1. The highest BCUT2D eigenvalue weighted by atomic mass is 35.5. The molecule has 3 heteroatoms. The van der Waals surface area contributed by atoms with Crippen LogP contribution in [-0.4, -0.2) is 30.3 Å². The zero-order valence-corrected chi connectivity index (χ0v) is 9.34. The summed E-state index contributed by atoms with van der Waals surface area (Å²) in [5.41, 5.74) is 0. The summed E-state index contributed by atoms with van der Waals surface area (Å²) in [6.45, 7) is 2.15. The standard InChI is InChI=1S/C10H18ClNO/c1-7-4-5-8(11)6-9(7)10(13)12(2)3/h7-9H,4-6H2,1-3H3. The SMILES string of the molecule is CC1CCC(Cl)CC1C(=O)N(C)C. The molecule has 0 radical (unpaired) electrons. The van der Waals surface area contributed by atoms with Crippen molar-refractivity contribution in [2.75, 3.05) is 14.1 Å². The van der Waals surface area contributed by atoms with E-state index in [1.54, 1.807) is 4.90 Å². The molecule has 1 rings (SSSR count). The molecule has 0 aliphatic heterocycles. The van der Waals surface area contributed by atoms with Crippen molar-refractivity contribution < 1.29 is 4.79 Å². The highest BCUT2D eigenvalue weighted by Gasteiger charge is 2.32. The van der Waals surface area contributed by atoms with Gasteiger partial charge in [-0.2, -0.15) is 0 Å². The minimum Gasteiger partial charge on any atom is -0.349 e. The zero-order chi connectivity index (χ0) is 10.0. The molecule has 0 bridgehead atoms. The van der Waals surface area contributed by atoms with Crippen molar-refractivity contribution in [2.24, 2.45) is 11.8 Å². The van der Waals surface area contributed by atoms with Gasteiger partial charge in [0.25, 0.3) is 0 Å². The second-order valence-electron chi connectivity index (χ2n) is 4.23. The molecule has 0 spiro atoms. The Morgan fingerprint density at radius 1 is 1.38 bits per heavy atom. The number of rotatable bonds is 1. The first kappa shape index (κ1) is 10.8. The van der Waals surface area contributed by atoms with Crippen LogP contribution in [-0.2, 0) is 4.79 Å². The molecule has 0 heterocycles. The van der Waals surface area contributed by atoms with Crippen molar-refractivity contribution in [3.63, 3.8) is 0 Å². The highest BCUT2D eigenvalue weighted by molar-refractivity contribution is 6.20. The molecule has 13 heavy (non-hydrogen) atoms. The largest absolute Gasteiger partial charge is 0.349 e. The topological polar surface area (TPSA) is 20.3 Å². The molecule has 1 aliphatic rings. The van der Waals surface area contributed by atoms with Gasteiger partial charge in [-0.3, -0.25) is 4.79 Å². The molecule has 0 aromatic rings. The molecule has 1 amide bonds. The Morgan fingerprint density at radius 2 is 2.00 bits per heavy atom. The van der Waals surface area contributed by atoms with Crippen LogP contribution in [0.1, 0.15) is 26.2 Å². The van der Waals surface area contributed by atoms with Crippen molar-refractivity contribution in [1.29, 1.82) is 0 Å². The number of hydrogen-bond acceptors (Lipinski definition) is 1. The minimum atomic E-state index is 0.145. The Labute approximate surface area is 85.2 Å². The Morgan fingerprint density at radius 3 is 2.54 bits per heavy atom. The predicted octanol–water partition coefficient (Wildman–Crippen LogP) is 2.12. The fraction of sp³-hybridized carbons (Fsp3) is 0.900. The summed E-state index contributed by atoms with van der Waals surface area (Å²) in [6.07, 6.45) is 2.98. The molecule has 76 valence electrons. The van der Waals surface area contributed by atoms with E-state index in [0.29, 0.717) is 5.92 Å². The molecule has 0 aromatic heterocycles. The second-order valence-corrected chi connectivity index (χ2v) is 4.84. The fourth-order valence-corrected chi connectivity index (χ4v) is 2.26. The lowest BCUT2D eigenvalue weighted by molar-refractivity contribution is -0.135. The smallest absolute Gasteiger partial charge is 0.225 e. The summed E-state index contributed by atoms with van der Waals surface area (Å²) in [7, 11) is 3.62. The van der Waals surface area contributed by atoms with Crippen LogP contribution in [0.4, 0.5) is 0 Å². The minimum absolute atomic E-state index is 0.145. The number of alkyl halides is 1. The summed E-state index contributed by atoms with van der Waals surface area (Å²) in [5, 5.41) is 0.199. The van der Waals surface area contributed by atoms with Crippen molar-refractivity contribution in [1.82, 2.24) is 4.90 Å². The first-order valence-corrected chi connectivity index (χ1v) is 5.31. The summed E-state index contributed by atoms with van der Waals surface area (Å²) in [6, 6.07) is 0. The van der Waals surface area contributed by atoms with E-state index in [0.717, 1.165) is 19.3 Å². The summed E-state index contributed by atoms with van der Waals surface area (Å²) >= 11 is 6.05. The van der Waals surface area contributed by atoms with E-state index in [1.807, 2.05) is 14.1 Å². The van der Waals surface area contributed by atoms with E-state index >= 15 is 0 Å². The van der Waals surface area contributed by atoms with Crippen molar-refractivity contribution in [3.8, 4) is 0 Å². The van der Waals surface area contributed by atoms with Crippen LogP contribution in [0.15, 0.2) is 0 Å². The van der Waals surface area contributed by atoms with Crippen molar-refractivity contribution in [3.05, 3.63) is 0 Å². The number of nitrogens with zero attached hydrogens (tertiary/aromatic N) is 1. The van der Waals surface area contributed by atoms with Crippen LogP contribution in [0.2, 0.25) is 0 Å². The van der Waals surface area contributed by atoms with Crippen LogP contribution in [0, 0.1) is 11.8 Å². The fourth-order valence-electron chi connectivity index (χ4n) is 1.95. The van der Waals surface area contributed by atoms with Crippen molar-refractivity contribution >= 4 is 17.5 Å². The van der Waals surface area contributed by atoms with Crippen LogP contribution in [0.25, 0.3) is 0 Å². The van der Waals surface area contributed by atoms with E-state index < -0.39 is 0 Å².